The molecule has 0 spiro atoms. The Hall–Kier alpha value is -2.96. The van der Waals surface area contributed by atoms with Crippen LogP contribution in [0.25, 0.3) is 6.08 Å². The first kappa shape index (κ1) is 16.4. The van der Waals surface area contributed by atoms with E-state index in [0.717, 1.165) is 0 Å². The van der Waals surface area contributed by atoms with Crippen LogP contribution in [0.4, 0.5) is 0 Å². The Kier molecular flexibility index (Phi) is 4.90. The number of aromatic carboxylic acids is 1. The number of carbonyl (C=O) groups is 2. The van der Waals surface area contributed by atoms with E-state index in [1.54, 1.807) is 13.2 Å². The maximum absolute atomic E-state index is 12.4. The summed E-state index contributed by atoms with van der Waals surface area (Å²) in [5.74, 6) is -1.12. The van der Waals surface area contributed by atoms with Crippen molar-refractivity contribution in [3.63, 3.8) is 0 Å². The van der Waals surface area contributed by atoms with E-state index >= 15 is 0 Å². The summed E-state index contributed by atoms with van der Waals surface area (Å²) in [5.41, 5.74) is 0.748. The highest BCUT2D eigenvalue weighted by Gasteiger charge is 2.15. The van der Waals surface area contributed by atoms with Gasteiger partial charge in [0.25, 0.3) is 0 Å². The van der Waals surface area contributed by atoms with E-state index in [1.807, 2.05) is 13.8 Å². The summed E-state index contributed by atoms with van der Waals surface area (Å²) < 4.78 is 7.09. The molecular weight excluding hydrogens is 298 g/mol. The smallest absolute Gasteiger partial charge is 0.335 e. The SMILES string of the molecule is CC(C)Oc1ccc(C(=O)O)cc1C(=O)C=Cc1cn(C)nn1. The zero-order valence-corrected chi connectivity index (χ0v) is 13.1. The van der Waals surface area contributed by atoms with E-state index in [-0.39, 0.29) is 23.0 Å². The Morgan fingerprint density at radius 2 is 2.09 bits per heavy atom. The van der Waals surface area contributed by atoms with Crippen LogP contribution in [0.2, 0.25) is 0 Å². The summed E-state index contributed by atoms with van der Waals surface area (Å²) in [6.45, 7) is 3.66. The lowest BCUT2D eigenvalue weighted by Gasteiger charge is -2.13. The van der Waals surface area contributed by atoms with Crippen molar-refractivity contribution in [1.29, 1.82) is 0 Å². The number of ketones is 1. The number of aryl methyl sites for hydroxylation is 1. The number of carboxylic acids is 1. The van der Waals surface area contributed by atoms with Crippen molar-refractivity contribution in [3.8, 4) is 5.75 Å². The molecular formula is C16H17N3O4. The maximum atomic E-state index is 12.4. The maximum Gasteiger partial charge on any atom is 0.335 e. The Balaban J connectivity index is 2.33. The number of rotatable bonds is 6. The van der Waals surface area contributed by atoms with E-state index in [4.69, 9.17) is 9.84 Å². The van der Waals surface area contributed by atoms with Gasteiger partial charge in [0, 0.05) is 7.05 Å². The van der Waals surface area contributed by atoms with Crippen LogP contribution in [-0.4, -0.2) is 38.0 Å². The molecule has 0 aliphatic carbocycles. The molecule has 1 aromatic heterocycles. The van der Waals surface area contributed by atoms with Crippen LogP contribution < -0.4 is 4.74 Å². The molecule has 1 N–H and O–H groups in total. The second-order valence-electron chi connectivity index (χ2n) is 5.20. The number of hydrogen-bond donors (Lipinski definition) is 1. The average Bonchev–Trinajstić information content (AvgIpc) is 2.90. The molecule has 0 aliphatic heterocycles. The van der Waals surface area contributed by atoms with Crippen LogP contribution >= 0.6 is 0 Å². The fraction of sp³-hybridized carbons (Fsp3) is 0.250. The Labute approximate surface area is 133 Å². The number of nitrogens with zero attached hydrogens (tertiary/aromatic N) is 3. The minimum Gasteiger partial charge on any atom is -0.490 e. The molecule has 7 heteroatoms. The molecule has 0 atom stereocenters. The monoisotopic (exact) mass is 315 g/mol. The van der Waals surface area contributed by atoms with Gasteiger partial charge in [-0.1, -0.05) is 5.21 Å². The number of ether oxygens (including phenoxy) is 1. The molecule has 7 nitrogen and oxygen atoms in total. The van der Waals surface area contributed by atoms with Gasteiger partial charge in [0.15, 0.2) is 5.78 Å². The molecule has 1 aromatic carbocycles. The Morgan fingerprint density at radius 3 is 2.65 bits per heavy atom. The first-order chi connectivity index (χ1) is 10.9. The van der Waals surface area contributed by atoms with Crippen molar-refractivity contribution in [2.24, 2.45) is 7.05 Å². The van der Waals surface area contributed by atoms with Crippen LogP contribution in [0.3, 0.4) is 0 Å². The lowest BCUT2D eigenvalue weighted by atomic mass is 10.0. The summed E-state index contributed by atoms with van der Waals surface area (Å²) in [7, 11) is 1.72. The third kappa shape index (κ3) is 4.26. The molecule has 1 heterocycles. The zero-order valence-electron chi connectivity index (χ0n) is 13.1. The third-order valence-electron chi connectivity index (χ3n) is 2.88. The standard InChI is InChI=1S/C16H17N3O4/c1-10(2)23-15-7-4-11(16(21)22)8-13(15)14(20)6-5-12-9-19(3)18-17-12/h4-10H,1-3H3,(H,21,22). The van der Waals surface area contributed by atoms with Gasteiger partial charge in [0.2, 0.25) is 0 Å². The molecule has 23 heavy (non-hydrogen) atoms. The molecule has 120 valence electrons. The number of carbonyl (C=O) groups excluding carboxylic acids is 1. The van der Waals surface area contributed by atoms with E-state index in [9.17, 15) is 9.59 Å². The molecule has 2 aromatic rings. The quantitative estimate of drug-likeness (QED) is 0.648. The Morgan fingerprint density at radius 1 is 1.35 bits per heavy atom. The molecule has 0 fully saturated rings. The topological polar surface area (TPSA) is 94.3 Å². The molecule has 0 radical (unpaired) electrons. The van der Waals surface area contributed by atoms with Gasteiger partial charge in [-0.05, 0) is 44.2 Å². The van der Waals surface area contributed by atoms with Gasteiger partial charge in [0.05, 0.1) is 23.4 Å². The molecule has 0 amide bonds. The van der Waals surface area contributed by atoms with E-state index in [1.165, 1.54) is 35.0 Å². The number of hydrogen-bond acceptors (Lipinski definition) is 5. The summed E-state index contributed by atoms with van der Waals surface area (Å²) in [4.78, 5) is 23.5. The van der Waals surface area contributed by atoms with E-state index < -0.39 is 5.97 Å². The van der Waals surface area contributed by atoms with Gasteiger partial charge in [-0.25, -0.2) is 4.79 Å². The van der Waals surface area contributed by atoms with Crippen LogP contribution in [-0.2, 0) is 7.05 Å². The largest absolute Gasteiger partial charge is 0.490 e. The summed E-state index contributed by atoms with van der Waals surface area (Å²) in [6.07, 6.45) is 4.35. The van der Waals surface area contributed by atoms with Crippen molar-refractivity contribution in [3.05, 3.63) is 47.3 Å². The predicted molar refractivity (Wildman–Crippen MR) is 83.5 cm³/mol. The Bertz CT molecular complexity index is 762. The summed E-state index contributed by atoms with van der Waals surface area (Å²) in [6, 6.07) is 4.21. The summed E-state index contributed by atoms with van der Waals surface area (Å²) in [5, 5.41) is 16.7. The van der Waals surface area contributed by atoms with Gasteiger partial charge in [-0.15, -0.1) is 5.10 Å². The lowest BCUT2D eigenvalue weighted by molar-refractivity contribution is 0.0697. The van der Waals surface area contributed by atoms with Crippen LogP contribution in [0.15, 0.2) is 30.5 Å². The first-order valence-corrected chi connectivity index (χ1v) is 6.99. The lowest BCUT2D eigenvalue weighted by Crippen LogP contribution is -2.10. The second kappa shape index (κ2) is 6.87. The predicted octanol–water partition coefficient (Wildman–Crippen LogP) is 2.20. The molecule has 0 unspecified atom stereocenters. The number of aromatic nitrogens is 3. The third-order valence-corrected chi connectivity index (χ3v) is 2.88. The van der Waals surface area contributed by atoms with Gasteiger partial charge >= 0.3 is 5.97 Å². The minimum absolute atomic E-state index is 0.0253. The van der Waals surface area contributed by atoms with Crippen molar-refractivity contribution in [1.82, 2.24) is 15.0 Å². The molecule has 2 rings (SSSR count). The summed E-state index contributed by atoms with van der Waals surface area (Å²) >= 11 is 0. The van der Waals surface area contributed by atoms with E-state index in [0.29, 0.717) is 11.4 Å². The van der Waals surface area contributed by atoms with Crippen LogP contribution in [0.5, 0.6) is 5.75 Å². The zero-order chi connectivity index (χ0) is 17.0. The fourth-order valence-corrected chi connectivity index (χ4v) is 1.90. The van der Waals surface area contributed by atoms with Crippen molar-refractivity contribution >= 4 is 17.8 Å². The second-order valence-corrected chi connectivity index (χ2v) is 5.20. The average molecular weight is 315 g/mol. The van der Waals surface area contributed by atoms with Crippen LogP contribution in [0.1, 0.15) is 40.3 Å². The van der Waals surface area contributed by atoms with Crippen molar-refractivity contribution in [2.75, 3.05) is 0 Å². The molecule has 0 saturated heterocycles. The number of carboxylic acid groups (broad SMARTS) is 1. The molecule has 0 aliphatic rings. The minimum atomic E-state index is -1.10. The highest BCUT2D eigenvalue weighted by Crippen LogP contribution is 2.23. The van der Waals surface area contributed by atoms with Crippen LogP contribution in [0, 0.1) is 0 Å². The fourth-order valence-electron chi connectivity index (χ4n) is 1.90. The van der Waals surface area contributed by atoms with Crippen molar-refractivity contribution in [2.45, 2.75) is 20.0 Å². The highest BCUT2D eigenvalue weighted by atomic mass is 16.5. The first-order valence-electron chi connectivity index (χ1n) is 6.99. The van der Waals surface area contributed by atoms with Gasteiger partial charge in [0.1, 0.15) is 11.4 Å². The van der Waals surface area contributed by atoms with Gasteiger partial charge in [-0.2, -0.15) is 0 Å². The number of benzene rings is 1. The van der Waals surface area contributed by atoms with Gasteiger partial charge in [-0.3, -0.25) is 9.48 Å². The highest BCUT2D eigenvalue weighted by molar-refractivity contribution is 6.09. The van der Waals surface area contributed by atoms with E-state index in [2.05, 4.69) is 10.3 Å². The van der Waals surface area contributed by atoms with Gasteiger partial charge < -0.3 is 9.84 Å². The number of allylic oxidation sites excluding steroid dienone is 1. The molecule has 0 saturated carbocycles. The molecule has 0 bridgehead atoms. The van der Waals surface area contributed by atoms with Crippen molar-refractivity contribution < 1.29 is 19.4 Å². The normalized spacial score (nSPS) is 11.1.